The van der Waals surface area contributed by atoms with Crippen LogP contribution in [-0.4, -0.2) is 23.7 Å². The highest BCUT2D eigenvalue weighted by atomic mass is 16.3. The Morgan fingerprint density at radius 3 is 2.65 bits per heavy atom. The SMILES string of the molecule is C[C@H](O)CNC(=O)CCC(N)c1ccccc1. The number of nitrogens with one attached hydrogen (secondary N) is 1. The highest BCUT2D eigenvalue weighted by Crippen LogP contribution is 2.14. The average Bonchev–Trinajstić information content (AvgIpc) is 2.34. The number of carbonyl (C=O) groups excluding carboxylic acids is 1. The third-order valence-electron chi connectivity index (χ3n) is 2.50. The number of hydrogen-bond acceptors (Lipinski definition) is 3. The van der Waals surface area contributed by atoms with Crippen molar-refractivity contribution in [2.75, 3.05) is 6.54 Å². The Balaban J connectivity index is 2.29. The molecule has 0 bridgehead atoms. The summed E-state index contributed by atoms with van der Waals surface area (Å²) in [5, 5.41) is 11.7. The van der Waals surface area contributed by atoms with Gasteiger partial charge in [0.2, 0.25) is 5.91 Å². The molecule has 1 aromatic carbocycles. The summed E-state index contributed by atoms with van der Waals surface area (Å²) in [5.41, 5.74) is 7.01. The summed E-state index contributed by atoms with van der Waals surface area (Å²) in [4.78, 5) is 11.4. The molecule has 0 saturated heterocycles. The Bertz CT molecular complexity index is 339. The summed E-state index contributed by atoms with van der Waals surface area (Å²) in [6.45, 7) is 1.93. The number of hydrogen-bond donors (Lipinski definition) is 3. The van der Waals surface area contributed by atoms with E-state index in [4.69, 9.17) is 10.8 Å². The van der Waals surface area contributed by atoms with Gasteiger partial charge < -0.3 is 16.2 Å². The first kappa shape index (κ1) is 13.7. The highest BCUT2D eigenvalue weighted by Gasteiger charge is 2.09. The summed E-state index contributed by atoms with van der Waals surface area (Å²) in [6, 6.07) is 9.60. The first-order valence-corrected chi connectivity index (χ1v) is 5.85. The molecule has 0 radical (unpaired) electrons. The first-order valence-electron chi connectivity index (χ1n) is 5.85. The molecule has 4 heteroatoms. The van der Waals surface area contributed by atoms with Gasteiger partial charge in [-0.2, -0.15) is 0 Å². The second-order valence-corrected chi connectivity index (χ2v) is 4.21. The standard InChI is InChI=1S/C13H20N2O2/c1-10(16)9-15-13(17)8-7-12(14)11-5-3-2-4-6-11/h2-6,10,12,16H,7-9,14H2,1H3,(H,15,17)/t10-,12?/m0/s1. The van der Waals surface area contributed by atoms with Gasteiger partial charge in [-0.1, -0.05) is 30.3 Å². The number of rotatable bonds is 6. The Hall–Kier alpha value is -1.39. The number of carbonyl (C=O) groups is 1. The van der Waals surface area contributed by atoms with Crippen LogP contribution in [0.25, 0.3) is 0 Å². The second kappa shape index (κ2) is 7.04. The van der Waals surface area contributed by atoms with Gasteiger partial charge in [-0.15, -0.1) is 0 Å². The van der Waals surface area contributed by atoms with Crippen LogP contribution < -0.4 is 11.1 Å². The Morgan fingerprint density at radius 1 is 1.41 bits per heavy atom. The zero-order valence-corrected chi connectivity index (χ0v) is 10.1. The molecule has 0 heterocycles. The maximum absolute atomic E-state index is 11.4. The summed E-state index contributed by atoms with van der Waals surface area (Å²) < 4.78 is 0. The molecule has 0 fully saturated rings. The molecule has 2 atom stereocenters. The largest absolute Gasteiger partial charge is 0.392 e. The molecular formula is C13H20N2O2. The first-order chi connectivity index (χ1) is 8.09. The van der Waals surface area contributed by atoms with Crippen LogP contribution in [0.1, 0.15) is 31.4 Å². The van der Waals surface area contributed by atoms with E-state index in [9.17, 15) is 4.79 Å². The van der Waals surface area contributed by atoms with E-state index in [1.165, 1.54) is 0 Å². The molecule has 0 aliphatic carbocycles. The lowest BCUT2D eigenvalue weighted by molar-refractivity contribution is -0.121. The van der Waals surface area contributed by atoms with Crippen LogP contribution >= 0.6 is 0 Å². The van der Waals surface area contributed by atoms with Crippen molar-refractivity contribution in [1.29, 1.82) is 0 Å². The van der Waals surface area contributed by atoms with Crippen LogP contribution in [0.2, 0.25) is 0 Å². The fourth-order valence-corrected chi connectivity index (χ4v) is 1.50. The lowest BCUT2D eigenvalue weighted by atomic mass is 10.0. The molecule has 4 nitrogen and oxygen atoms in total. The number of nitrogens with two attached hydrogens (primary N) is 1. The minimum Gasteiger partial charge on any atom is -0.392 e. The third-order valence-corrected chi connectivity index (χ3v) is 2.50. The van der Waals surface area contributed by atoms with E-state index < -0.39 is 6.10 Å². The fraction of sp³-hybridized carbons (Fsp3) is 0.462. The van der Waals surface area contributed by atoms with Crippen molar-refractivity contribution in [2.45, 2.75) is 31.9 Å². The van der Waals surface area contributed by atoms with Gasteiger partial charge >= 0.3 is 0 Å². The molecule has 0 spiro atoms. The van der Waals surface area contributed by atoms with Gasteiger partial charge in [-0.3, -0.25) is 4.79 Å². The van der Waals surface area contributed by atoms with Crippen LogP contribution in [-0.2, 0) is 4.79 Å². The number of amides is 1. The van der Waals surface area contributed by atoms with Gasteiger partial charge in [0.1, 0.15) is 0 Å². The molecule has 1 unspecified atom stereocenters. The van der Waals surface area contributed by atoms with Crippen molar-refractivity contribution < 1.29 is 9.90 Å². The molecule has 0 aliphatic heterocycles. The molecule has 0 aliphatic rings. The van der Waals surface area contributed by atoms with Gasteiger partial charge in [0.25, 0.3) is 0 Å². The Morgan fingerprint density at radius 2 is 2.06 bits per heavy atom. The van der Waals surface area contributed by atoms with E-state index >= 15 is 0 Å². The Kier molecular flexibility index (Phi) is 5.66. The predicted octanol–water partition coefficient (Wildman–Crippen LogP) is 0.964. The van der Waals surface area contributed by atoms with Crippen LogP contribution in [0.4, 0.5) is 0 Å². The molecule has 17 heavy (non-hydrogen) atoms. The minimum atomic E-state index is -0.512. The topological polar surface area (TPSA) is 75.3 Å². The second-order valence-electron chi connectivity index (χ2n) is 4.21. The van der Waals surface area contributed by atoms with Crippen molar-refractivity contribution in [2.24, 2.45) is 5.73 Å². The van der Waals surface area contributed by atoms with E-state index in [0.29, 0.717) is 19.4 Å². The molecule has 1 rings (SSSR count). The van der Waals surface area contributed by atoms with Gasteiger partial charge in [0, 0.05) is 19.0 Å². The maximum atomic E-state index is 11.4. The van der Waals surface area contributed by atoms with Crippen molar-refractivity contribution in [3.05, 3.63) is 35.9 Å². The van der Waals surface area contributed by atoms with Gasteiger partial charge in [-0.05, 0) is 18.9 Å². The predicted molar refractivity (Wildman–Crippen MR) is 67.3 cm³/mol. The Labute approximate surface area is 102 Å². The van der Waals surface area contributed by atoms with E-state index in [1.54, 1.807) is 6.92 Å². The van der Waals surface area contributed by atoms with E-state index in [0.717, 1.165) is 5.56 Å². The summed E-state index contributed by atoms with van der Waals surface area (Å²) >= 11 is 0. The molecule has 4 N–H and O–H groups in total. The zero-order valence-electron chi connectivity index (χ0n) is 10.1. The lowest BCUT2D eigenvalue weighted by Gasteiger charge is -2.12. The minimum absolute atomic E-state index is 0.0720. The summed E-state index contributed by atoms with van der Waals surface area (Å²) in [6.07, 6.45) is 0.472. The van der Waals surface area contributed by atoms with E-state index in [2.05, 4.69) is 5.32 Å². The van der Waals surface area contributed by atoms with Crippen LogP contribution in [0, 0.1) is 0 Å². The van der Waals surface area contributed by atoms with Gasteiger partial charge in [0.05, 0.1) is 6.10 Å². The smallest absolute Gasteiger partial charge is 0.220 e. The molecule has 1 aromatic rings. The van der Waals surface area contributed by atoms with Gasteiger partial charge in [0.15, 0.2) is 0 Å². The third kappa shape index (κ3) is 5.47. The fourth-order valence-electron chi connectivity index (χ4n) is 1.50. The highest BCUT2D eigenvalue weighted by molar-refractivity contribution is 5.75. The lowest BCUT2D eigenvalue weighted by Crippen LogP contribution is -2.30. The number of aliphatic hydroxyl groups excluding tert-OH is 1. The number of aliphatic hydroxyl groups is 1. The molecule has 1 amide bonds. The molecule has 0 saturated carbocycles. The monoisotopic (exact) mass is 236 g/mol. The van der Waals surface area contributed by atoms with Crippen LogP contribution in [0.3, 0.4) is 0 Å². The average molecular weight is 236 g/mol. The van der Waals surface area contributed by atoms with Crippen LogP contribution in [0.15, 0.2) is 30.3 Å². The van der Waals surface area contributed by atoms with E-state index in [1.807, 2.05) is 30.3 Å². The van der Waals surface area contributed by atoms with Crippen molar-refractivity contribution in [1.82, 2.24) is 5.32 Å². The van der Waals surface area contributed by atoms with E-state index in [-0.39, 0.29) is 11.9 Å². The maximum Gasteiger partial charge on any atom is 0.220 e. The van der Waals surface area contributed by atoms with Gasteiger partial charge in [-0.25, -0.2) is 0 Å². The van der Waals surface area contributed by atoms with Crippen LogP contribution in [0.5, 0.6) is 0 Å². The number of benzene rings is 1. The summed E-state index contributed by atoms with van der Waals surface area (Å²) in [5.74, 6) is -0.0720. The van der Waals surface area contributed by atoms with Crippen molar-refractivity contribution >= 4 is 5.91 Å². The zero-order chi connectivity index (χ0) is 12.7. The molecular weight excluding hydrogens is 216 g/mol. The molecule has 0 aromatic heterocycles. The van der Waals surface area contributed by atoms with Crippen molar-refractivity contribution in [3.8, 4) is 0 Å². The summed E-state index contributed by atoms with van der Waals surface area (Å²) in [7, 11) is 0. The molecule has 94 valence electrons. The van der Waals surface area contributed by atoms with Crippen molar-refractivity contribution in [3.63, 3.8) is 0 Å². The normalized spacial score (nSPS) is 14.1. The quantitative estimate of drug-likeness (QED) is 0.688.